The molecule has 12 heteroatoms. The lowest BCUT2D eigenvalue weighted by atomic mass is 9.85. The van der Waals surface area contributed by atoms with Gasteiger partial charge in [0.05, 0.1) is 29.6 Å². The average molecular weight is 522 g/mol. The minimum atomic E-state index is -0.593. The normalized spacial score (nSPS) is 22.8. The Labute approximate surface area is 211 Å². The molecule has 4 N–H and O–H groups in total. The van der Waals surface area contributed by atoms with Gasteiger partial charge in [-0.1, -0.05) is 23.2 Å². The topological polar surface area (TPSA) is 120 Å². The number of hydrogen-bond acceptors (Lipinski definition) is 7. The van der Waals surface area contributed by atoms with Crippen LogP contribution in [0.1, 0.15) is 44.6 Å². The van der Waals surface area contributed by atoms with Gasteiger partial charge in [0.2, 0.25) is 17.8 Å². The number of rotatable bonds is 6. The van der Waals surface area contributed by atoms with Crippen molar-refractivity contribution in [3.63, 3.8) is 0 Å². The number of nitrogens with one attached hydrogen (secondary N) is 2. The summed E-state index contributed by atoms with van der Waals surface area (Å²) >= 11 is 12.2. The molecule has 186 valence electrons. The lowest BCUT2D eigenvalue weighted by molar-refractivity contribution is -0.122. The number of ether oxygens (including phenoxy) is 1. The van der Waals surface area contributed by atoms with E-state index in [2.05, 4.69) is 20.6 Å². The number of hydrogen-bond donors (Lipinski definition) is 3. The van der Waals surface area contributed by atoms with Gasteiger partial charge in [-0.3, -0.25) is 9.36 Å². The van der Waals surface area contributed by atoms with Crippen LogP contribution in [-0.4, -0.2) is 44.7 Å². The fourth-order valence-electron chi connectivity index (χ4n) is 4.82. The molecule has 1 aliphatic carbocycles. The molecule has 0 unspecified atom stereocenters. The van der Waals surface area contributed by atoms with Gasteiger partial charge in [0.15, 0.2) is 5.65 Å². The molecule has 35 heavy (non-hydrogen) atoms. The predicted octanol–water partition coefficient (Wildman–Crippen LogP) is 4.82. The van der Waals surface area contributed by atoms with Gasteiger partial charge >= 0.3 is 0 Å². The van der Waals surface area contributed by atoms with Gasteiger partial charge < -0.3 is 21.1 Å². The van der Waals surface area contributed by atoms with Crippen molar-refractivity contribution in [2.45, 2.75) is 50.6 Å². The average Bonchev–Trinajstić information content (AvgIpc) is 3.19. The van der Waals surface area contributed by atoms with E-state index >= 15 is 0 Å². The molecule has 0 bridgehead atoms. The lowest BCUT2D eigenvalue weighted by Gasteiger charge is -2.29. The van der Waals surface area contributed by atoms with Crippen molar-refractivity contribution < 1.29 is 13.9 Å². The number of nitrogens with zero attached hydrogens (tertiary/aromatic N) is 4. The Morgan fingerprint density at radius 1 is 1.17 bits per heavy atom. The van der Waals surface area contributed by atoms with Crippen LogP contribution in [-0.2, 0) is 9.53 Å². The van der Waals surface area contributed by atoms with Crippen LogP contribution in [0.3, 0.4) is 0 Å². The minimum Gasteiger partial charge on any atom is -0.379 e. The first-order valence-corrected chi connectivity index (χ1v) is 12.4. The van der Waals surface area contributed by atoms with Crippen LogP contribution in [0.25, 0.3) is 11.2 Å². The number of anilines is 3. The number of imidazole rings is 1. The van der Waals surface area contributed by atoms with Crippen molar-refractivity contribution in [2.75, 3.05) is 23.8 Å². The molecular formula is C23H26Cl2FN7O2. The third-order valence-electron chi connectivity index (χ3n) is 6.63. The molecule has 1 amide bonds. The SMILES string of the molecule is NC(=O)C1CCC(n2c(Nc3c(F)cc(Cl)cc3Cl)nc3cnc(N[C@@H]4CCCOC4)nc32)CC1. The Hall–Kier alpha value is -2.69. The quantitative estimate of drug-likeness (QED) is 0.425. The van der Waals surface area contributed by atoms with Crippen molar-refractivity contribution in [1.29, 1.82) is 0 Å². The minimum absolute atomic E-state index is 0.0204. The smallest absolute Gasteiger partial charge is 0.225 e. The van der Waals surface area contributed by atoms with E-state index in [1.807, 2.05) is 4.57 Å². The molecule has 1 saturated carbocycles. The van der Waals surface area contributed by atoms with E-state index in [0.29, 0.717) is 55.4 Å². The van der Waals surface area contributed by atoms with Gasteiger partial charge in [0, 0.05) is 23.6 Å². The first-order valence-electron chi connectivity index (χ1n) is 11.7. The molecule has 3 heterocycles. The van der Waals surface area contributed by atoms with Crippen LogP contribution in [0.4, 0.5) is 22.0 Å². The first kappa shape index (κ1) is 24.0. The number of amides is 1. The van der Waals surface area contributed by atoms with Crippen LogP contribution in [0.5, 0.6) is 0 Å². The molecule has 0 radical (unpaired) electrons. The number of benzene rings is 1. The lowest BCUT2D eigenvalue weighted by Crippen LogP contribution is -2.31. The monoisotopic (exact) mass is 521 g/mol. The summed E-state index contributed by atoms with van der Waals surface area (Å²) in [5.41, 5.74) is 6.77. The highest BCUT2D eigenvalue weighted by atomic mass is 35.5. The molecule has 0 spiro atoms. The van der Waals surface area contributed by atoms with Gasteiger partial charge in [-0.05, 0) is 50.7 Å². The van der Waals surface area contributed by atoms with Crippen LogP contribution >= 0.6 is 23.2 Å². The maximum atomic E-state index is 14.7. The van der Waals surface area contributed by atoms with Crippen LogP contribution in [0.2, 0.25) is 10.0 Å². The van der Waals surface area contributed by atoms with Crippen LogP contribution in [0.15, 0.2) is 18.3 Å². The van der Waals surface area contributed by atoms with E-state index in [1.54, 1.807) is 6.20 Å². The summed E-state index contributed by atoms with van der Waals surface area (Å²) in [6.07, 6.45) is 6.31. The number of aromatic nitrogens is 4. The molecule has 9 nitrogen and oxygen atoms in total. The van der Waals surface area contributed by atoms with Gasteiger partial charge in [0.1, 0.15) is 11.3 Å². The van der Waals surface area contributed by atoms with Crippen molar-refractivity contribution >= 4 is 57.9 Å². The summed E-state index contributed by atoms with van der Waals surface area (Å²) in [6, 6.07) is 2.76. The van der Waals surface area contributed by atoms with Crippen molar-refractivity contribution in [2.24, 2.45) is 11.7 Å². The predicted molar refractivity (Wildman–Crippen MR) is 133 cm³/mol. The molecule has 5 rings (SSSR count). The zero-order valence-corrected chi connectivity index (χ0v) is 20.4. The molecule has 1 saturated heterocycles. The Morgan fingerprint density at radius 2 is 1.97 bits per heavy atom. The molecule has 1 aliphatic heterocycles. The maximum absolute atomic E-state index is 14.7. The fourth-order valence-corrected chi connectivity index (χ4v) is 5.34. The summed E-state index contributed by atoms with van der Waals surface area (Å²) in [5.74, 6) is -0.167. The van der Waals surface area contributed by atoms with E-state index in [0.717, 1.165) is 19.4 Å². The van der Waals surface area contributed by atoms with Gasteiger partial charge in [-0.2, -0.15) is 4.98 Å². The third kappa shape index (κ3) is 5.14. The fraction of sp³-hybridized carbons (Fsp3) is 0.478. The standard InChI is InChI=1S/C23H26Cl2FN7O2/c24-13-8-16(25)19(17(26)9-13)31-23-30-18-10-28-22(29-14-2-1-7-35-11-14)32-21(18)33(23)15-5-3-12(4-6-15)20(27)34/h8-10,12,14-15H,1-7,11H2,(H2,27,34)(H,30,31)(H,28,29,32)/t12?,14-,15?/m1/s1. The van der Waals surface area contributed by atoms with E-state index in [4.69, 9.17) is 38.7 Å². The third-order valence-corrected chi connectivity index (χ3v) is 7.15. The van der Waals surface area contributed by atoms with E-state index in [9.17, 15) is 9.18 Å². The molecular weight excluding hydrogens is 496 g/mol. The summed E-state index contributed by atoms with van der Waals surface area (Å²) < 4.78 is 22.2. The zero-order valence-electron chi connectivity index (χ0n) is 18.9. The molecule has 1 aromatic carbocycles. The van der Waals surface area contributed by atoms with Crippen LogP contribution in [0, 0.1) is 11.7 Å². The number of nitrogens with two attached hydrogens (primary N) is 1. The van der Waals surface area contributed by atoms with E-state index in [-0.39, 0.29) is 39.6 Å². The Balaban J connectivity index is 1.52. The highest BCUT2D eigenvalue weighted by molar-refractivity contribution is 6.36. The first-order chi connectivity index (χ1) is 16.9. The Kier molecular flexibility index (Phi) is 6.95. The van der Waals surface area contributed by atoms with Crippen molar-refractivity contribution in [3.05, 3.63) is 34.2 Å². The molecule has 2 aliphatic rings. The number of carbonyl (C=O) groups is 1. The molecule has 1 atom stereocenters. The highest BCUT2D eigenvalue weighted by Crippen LogP contribution is 2.38. The molecule has 2 aromatic heterocycles. The van der Waals surface area contributed by atoms with Crippen molar-refractivity contribution in [1.82, 2.24) is 19.5 Å². The van der Waals surface area contributed by atoms with E-state index < -0.39 is 5.82 Å². The van der Waals surface area contributed by atoms with Crippen LogP contribution < -0.4 is 16.4 Å². The summed E-state index contributed by atoms with van der Waals surface area (Å²) in [4.78, 5) is 25.5. The summed E-state index contributed by atoms with van der Waals surface area (Å²) in [7, 11) is 0. The second-order valence-corrected chi connectivity index (χ2v) is 9.89. The Morgan fingerprint density at radius 3 is 2.66 bits per heavy atom. The van der Waals surface area contributed by atoms with Gasteiger partial charge in [-0.15, -0.1) is 0 Å². The second kappa shape index (κ2) is 10.1. The number of fused-ring (bicyclic) bond motifs is 1. The molecule has 3 aromatic rings. The second-order valence-electron chi connectivity index (χ2n) is 9.04. The number of carbonyl (C=O) groups excluding carboxylic acids is 1. The van der Waals surface area contributed by atoms with Gasteiger partial charge in [0.25, 0.3) is 0 Å². The van der Waals surface area contributed by atoms with Gasteiger partial charge in [-0.25, -0.2) is 14.4 Å². The number of halogens is 3. The summed E-state index contributed by atoms with van der Waals surface area (Å²) in [5, 5.41) is 6.72. The van der Waals surface area contributed by atoms with Crippen molar-refractivity contribution in [3.8, 4) is 0 Å². The number of primary amides is 1. The highest BCUT2D eigenvalue weighted by Gasteiger charge is 2.29. The zero-order chi connectivity index (χ0) is 24.5. The summed E-state index contributed by atoms with van der Waals surface area (Å²) in [6.45, 7) is 1.36. The Bertz CT molecular complexity index is 1220. The molecule has 2 fully saturated rings. The van der Waals surface area contributed by atoms with E-state index in [1.165, 1.54) is 12.1 Å². The maximum Gasteiger partial charge on any atom is 0.225 e. The largest absolute Gasteiger partial charge is 0.379 e.